The Kier molecular flexibility index (Phi) is 6.61. The lowest BCUT2D eigenvalue weighted by atomic mass is 9.85. The number of ether oxygens (including phenoxy) is 1. The van der Waals surface area contributed by atoms with E-state index in [0.717, 1.165) is 31.7 Å². The van der Waals surface area contributed by atoms with E-state index < -0.39 is 6.10 Å². The van der Waals surface area contributed by atoms with Gasteiger partial charge >= 0.3 is 0 Å². The predicted molar refractivity (Wildman–Crippen MR) is 81.6 cm³/mol. The summed E-state index contributed by atoms with van der Waals surface area (Å²) >= 11 is 0. The molecule has 0 radical (unpaired) electrons. The van der Waals surface area contributed by atoms with Crippen LogP contribution in [0.4, 0.5) is 4.39 Å². The van der Waals surface area contributed by atoms with Crippen molar-refractivity contribution >= 4 is 0 Å². The summed E-state index contributed by atoms with van der Waals surface area (Å²) < 4.78 is 18.5. The van der Waals surface area contributed by atoms with Crippen molar-refractivity contribution in [2.45, 2.75) is 44.3 Å². The summed E-state index contributed by atoms with van der Waals surface area (Å²) in [6, 6.07) is 6.15. The molecule has 1 fully saturated rings. The molecule has 118 valence electrons. The molecular weight excluding hydrogens is 269 g/mol. The fourth-order valence-corrected chi connectivity index (χ4v) is 3.03. The first kappa shape index (κ1) is 16.4. The Morgan fingerprint density at radius 2 is 2.10 bits per heavy atom. The van der Waals surface area contributed by atoms with Gasteiger partial charge in [-0.25, -0.2) is 4.39 Å². The second-order valence-corrected chi connectivity index (χ2v) is 5.94. The van der Waals surface area contributed by atoms with Crippen LogP contribution in [0.15, 0.2) is 24.3 Å². The molecule has 3 nitrogen and oxygen atoms in total. The summed E-state index contributed by atoms with van der Waals surface area (Å²) in [5.74, 6) is 0.455. The number of hydrogen-bond acceptors (Lipinski definition) is 3. The van der Waals surface area contributed by atoms with Crippen LogP contribution in [0, 0.1) is 11.7 Å². The van der Waals surface area contributed by atoms with E-state index in [1.807, 2.05) is 0 Å². The normalized spacial score (nSPS) is 24.0. The van der Waals surface area contributed by atoms with Crippen molar-refractivity contribution in [2.24, 2.45) is 5.92 Å². The van der Waals surface area contributed by atoms with Crippen molar-refractivity contribution in [3.8, 4) is 0 Å². The Morgan fingerprint density at radius 1 is 1.33 bits per heavy atom. The zero-order valence-electron chi connectivity index (χ0n) is 12.7. The van der Waals surface area contributed by atoms with Crippen LogP contribution < -0.4 is 5.32 Å². The third kappa shape index (κ3) is 5.38. The van der Waals surface area contributed by atoms with Gasteiger partial charge in [0.25, 0.3) is 0 Å². The number of rotatable bonds is 7. The molecule has 0 saturated heterocycles. The van der Waals surface area contributed by atoms with E-state index in [-0.39, 0.29) is 5.82 Å². The van der Waals surface area contributed by atoms with Crippen molar-refractivity contribution in [1.82, 2.24) is 5.32 Å². The van der Waals surface area contributed by atoms with Crippen LogP contribution in [-0.4, -0.2) is 31.4 Å². The minimum Gasteiger partial charge on any atom is -0.387 e. The quantitative estimate of drug-likeness (QED) is 0.760. The fourth-order valence-electron chi connectivity index (χ4n) is 3.03. The highest BCUT2D eigenvalue weighted by Crippen LogP contribution is 2.27. The molecule has 0 bridgehead atoms. The molecule has 21 heavy (non-hydrogen) atoms. The zero-order chi connectivity index (χ0) is 15.1. The van der Waals surface area contributed by atoms with Crippen LogP contribution in [0.5, 0.6) is 0 Å². The van der Waals surface area contributed by atoms with E-state index in [2.05, 4.69) is 5.32 Å². The van der Waals surface area contributed by atoms with Crippen LogP contribution >= 0.6 is 0 Å². The Morgan fingerprint density at radius 3 is 2.76 bits per heavy atom. The number of nitrogens with one attached hydrogen (secondary N) is 1. The van der Waals surface area contributed by atoms with Crippen molar-refractivity contribution in [3.63, 3.8) is 0 Å². The Balaban J connectivity index is 1.61. The molecule has 1 aliphatic rings. The maximum Gasteiger partial charge on any atom is 0.123 e. The third-order valence-electron chi connectivity index (χ3n) is 4.43. The number of methoxy groups -OCH3 is 1. The molecule has 1 aliphatic carbocycles. The van der Waals surface area contributed by atoms with Crippen molar-refractivity contribution in [2.75, 3.05) is 20.2 Å². The number of halogens is 1. The fraction of sp³-hybridized carbons (Fsp3) is 0.647. The molecule has 0 heterocycles. The second-order valence-electron chi connectivity index (χ2n) is 5.94. The lowest BCUT2D eigenvalue weighted by molar-refractivity contribution is 0.0554. The SMILES string of the molecule is COC1CCC(CCNC[C@H](O)c2cccc(F)c2)CC1. The smallest absolute Gasteiger partial charge is 0.123 e. The van der Waals surface area contributed by atoms with Gasteiger partial charge in [0.15, 0.2) is 0 Å². The van der Waals surface area contributed by atoms with Gasteiger partial charge in [0.1, 0.15) is 5.82 Å². The summed E-state index contributed by atoms with van der Waals surface area (Å²) in [5, 5.41) is 13.3. The number of aliphatic hydroxyl groups excluding tert-OH is 1. The van der Waals surface area contributed by atoms with E-state index in [4.69, 9.17) is 4.74 Å². The standard InChI is InChI=1S/C17H26FNO2/c1-21-16-7-5-13(6-8-16)9-10-19-12-17(20)14-3-2-4-15(18)11-14/h2-4,11,13,16-17,19-20H,5-10,12H2,1H3/t13?,16?,17-/m0/s1. The number of benzene rings is 1. The lowest BCUT2D eigenvalue weighted by Crippen LogP contribution is -2.26. The highest BCUT2D eigenvalue weighted by Gasteiger charge is 2.20. The molecule has 1 atom stereocenters. The third-order valence-corrected chi connectivity index (χ3v) is 4.43. The van der Waals surface area contributed by atoms with Crippen LogP contribution in [0.1, 0.15) is 43.8 Å². The van der Waals surface area contributed by atoms with Gasteiger partial charge in [0.2, 0.25) is 0 Å². The van der Waals surface area contributed by atoms with Gasteiger partial charge in [0.05, 0.1) is 12.2 Å². The highest BCUT2D eigenvalue weighted by molar-refractivity contribution is 5.18. The van der Waals surface area contributed by atoms with Gasteiger partial charge in [-0.05, 0) is 62.3 Å². The Hall–Kier alpha value is -0.970. The van der Waals surface area contributed by atoms with E-state index in [1.165, 1.54) is 25.0 Å². The van der Waals surface area contributed by atoms with Crippen molar-refractivity contribution in [3.05, 3.63) is 35.6 Å². The molecule has 0 aromatic heterocycles. The van der Waals surface area contributed by atoms with Crippen molar-refractivity contribution < 1.29 is 14.2 Å². The average Bonchev–Trinajstić information content (AvgIpc) is 2.52. The first-order valence-electron chi connectivity index (χ1n) is 7.86. The Labute approximate surface area is 126 Å². The average molecular weight is 295 g/mol. The van der Waals surface area contributed by atoms with Gasteiger partial charge in [-0.1, -0.05) is 12.1 Å². The van der Waals surface area contributed by atoms with Gasteiger partial charge in [-0.2, -0.15) is 0 Å². The summed E-state index contributed by atoms with van der Waals surface area (Å²) in [6.45, 7) is 1.37. The van der Waals surface area contributed by atoms with Crippen LogP contribution in [0.3, 0.4) is 0 Å². The number of hydrogen-bond donors (Lipinski definition) is 2. The zero-order valence-corrected chi connectivity index (χ0v) is 12.7. The van der Waals surface area contributed by atoms with Crippen LogP contribution in [-0.2, 0) is 4.74 Å². The van der Waals surface area contributed by atoms with Gasteiger partial charge < -0.3 is 15.2 Å². The van der Waals surface area contributed by atoms with Gasteiger partial charge in [-0.3, -0.25) is 0 Å². The second kappa shape index (κ2) is 8.47. The molecule has 1 aromatic carbocycles. The van der Waals surface area contributed by atoms with E-state index in [9.17, 15) is 9.50 Å². The van der Waals surface area contributed by atoms with Crippen LogP contribution in [0.25, 0.3) is 0 Å². The maximum atomic E-state index is 13.1. The van der Waals surface area contributed by atoms with Gasteiger partial charge in [0, 0.05) is 13.7 Å². The molecule has 4 heteroatoms. The predicted octanol–water partition coefficient (Wildman–Crippen LogP) is 3.04. The summed E-state index contributed by atoms with van der Waals surface area (Å²) in [4.78, 5) is 0. The first-order chi connectivity index (χ1) is 10.2. The molecule has 1 aromatic rings. The molecule has 0 amide bonds. The van der Waals surface area contributed by atoms with Gasteiger partial charge in [-0.15, -0.1) is 0 Å². The molecule has 1 saturated carbocycles. The van der Waals surface area contributed by atoms with Crippen LogP contribution in [0.2, 0.25) is 0 Å². The molecule has 2 rings (SSSR count). The van der Waals surface area contributed by atoms with E-state index in [0.29, 0.717) is 18.2 Å². The minimum atomic E-state index is -0.648. The molecule has 0 aliphatic heterocycles. The lowest BCUT2D eigenvalue weighted by Gasteiger charge is -2.27. The maximum absolute atomic E-state index is 13.1. The largest absolute Gasteiger partial charge is 0.387 e. The Bertz CT molecular complexity index is 419. The molecule has 0 spiro atoms. The topological polar surface area (TPSA) is 41.5 Å². The summed E-state index contributed by atoms with van der Waals surface area (Å²) in [7, 11) is 1.79. The number of aliphatic hydroxyl groups is 1. The minimum absolute atomic E-state index is 0.304. The summed E-state index contributed by atoms with van der Waals surface area (Å²) in [6.07, 6.45) is 5.71. The van der Waals surface area contributed by atoms with E-state index in [1.54, 1.807) is 19.2 Å². The monoisotopic (exact) mass is 295 g/mol. The van der Waals surface area contributed by atoms with Crippen molar-refractivity contribution in [1.29, 1.82) is 0 Å². The first-order valence-corrected chi connectivity index (χ1v) is 7.86. The summed E-state index contributed by atoms with van der Waals surface area (Å²) in [5.41, 5.74) is 0.628. The molecule has 0 unspecified atom stereocenters. The van der Waals surface area contributed by atoms with E-state index >= 15 is 0 Å². The molecular formula is C17H26FNO2. The highest BCUT2D eigenvalue weighted by atomic mass is 19.1. The molecule has 2 N–H and O–H groups in total.